The minimum atomic E-state index is -0.445. The van der Waals surface area contributed by atoms with E-state index in [1.807, 2.05) is 17.5 Å². The van der Waals surface area contributed by atoms with Crippen molar-refractivity contribution in [3.05, 3.63) is 41.2 Å². The van der Waals surface area contributed by atoms with Crippen LogP contribution in [0.15, 0.2) is 29.8 Å². The summed E-state index contributed by atoms with van der Waals surface area (Å²) >= 11 is 1.42. The minimum absolute atomic E-state index is 0.281. The van der Waals surface area contributed by atoms with E-state index < -0.39 is 5.97 Å². The largest absolute Gasteiger partial charge is 0.461 e. The SMILES string of the molecule is CCOC(=O)c1nc(NCc2cccnn2)nc2ccsc12. The smallest absolute Gasteiger partial charge is 0.358 e. The third-order valence-corrected chi connectivity index (χ3v) is 3.74. The quantitative estimate of drug-likeness (QED) is 0.722. The molecule has 0 unspecified atom stereocenters. The molecule has 0 aromatic carbocycles. The van der Waals surface area contributed by atoms with Crippen LogP contribution in [-0.2, 0) is 11.3 Å². The normalized spacial score (nSPS) is 10.6. The number of nitrogens with one attached hydrogen (secondary N) is 1. The number of anilines is 1. The number of ether oxygens (including phenoxy) is 1. The molecule has 0 aliphatic heterocycles. The molecular formula is C14H13N5O2S. The Hall–Kier alpha value is -2.61. The Balaban J connectivity index is 1.88. The van der Waals surface area contributed by atoms with Crippen LogP contribution in [0.5, 0.6) is 0 Å². The zero-order valence-electron chi connectivity index (χ0n) is 11.8. The zero-order valence-corrected chi connectivity index (χ0v) is 12.6. The van der Waals surface area contributed by atoms with Gasteiger partial charge in [0.2, 0.25) is 5.95 Å². The van der Waals surface area contributed by atoms with E-state index in [0.29, 0.717) is 24.6 Å². The lowest BCUT2D eigenvalue weighted by Gasteiger charge is -2.07. The van der Waals surface area contributed by atoms with Crippen molar-refractivity contribution in [2.75, 3.05) is 11.9 Å². The molecule has 8 heteroatoms. The van der Waals surface area contributed by atoms with Crippen molar-refractivity contribution in [1.29, 1.82) is 0 Å². The first-order valence-corrected chi connectivity index (χ1v) is 7.58. The van der Waals surface area contributed by atoms with E-state index in [4.69, 9.17) is 4.74 Å². The molecule has 112 valence electrons. The number of thiophene rings is 1. The molecule has 3 aromatic rings. The third-order valence-electron chi connectivity index (χ3n) is 2.83. The van der Waals surface area contributed by atoms with E-state index in [1.165, 1.54) is 11.3 Å². The summed E-state index contributed by atoms with van der Waals surface area (Å²) in [4.78, 5) is 20.7. The van der Waals surface area contributed by atoms with Gasteiger partial charge < -0.3 is 10.1 Å². The lowest BCUT2D eigenvalue weighted by Crippen LogP contribution is -2.11. The first-order chi connectivity index (χ1) is 10.8. The second-order valence-electron chi connectivity index (χ2n) is 4.32. The molecule has 0 saturated heterocycles. The number of carbonyl (C=O) groups is 1. The summed E-state index contributed by atoms with van der Waals surface area (Å²) in [6.45, 7) is 2.49. The Bertz CT molecular complexity index is 790. The van der Waals surface area contributed by atoms with Gasteiger partial charge in [0.1, 0.15) is 0 Å². The van der Waals surface area contributed by atoms with E-state index in [1.54, 1.807) is 19.2 Å². The van der Waals surface area contributed by atoms with Gasteiger partial charge in [0, 0.05) is 6.20 Å². The van der Waals surface area contributed by atoms with Crippen LogP contribution in [0.4, 0.5) is 5.95 Å². The molecule has 0 aliphatic carbocycles. The van der Waals surface area contributed by atoms with Crippen LogP contribution < -0.4 is 5.32 Å². The Kier molecular flexibility index (Phi) is 4.19. The van der Waals surface area contributed by atoms with Gasteiger partial charge in [-0.2, -0.15) is 10.2 Å². The second kappa shape index (κ2) is 6.44. The Morgan fingerprint density at radius 1 is 1.36 bits per heavy atom. The zero-order chi connectivity index (χ0) is 15.4. The average Bonchev–Trinajstić information content (AvgIpc) is 3.01. The highest BCUT2D eigenvalue weighted by Gasteiger charge is 2.17. The van der Waals surface area contributed by atoms with E-state index >= 15 is 0 Å². The van der Waals surface area contributed by atoms with Gasteiger partial charge in [0.25, 0.3) is 0 Å². The Morgan fingerprint density at radius 2 is 2.27 bits per heavy atom. The summed E-state index contributed by atoms with van der Waals surface area (Å²) in [6.07, 6.45) is 1.61. The number of rotatable bonds is 5. The van der Waals surface area contributed by atoms with Crippen molar-refractivity contribution in [2.45, 2.75) is 13.5 Å². The summed E-state index contributed by atoms with van der Waals surface area (Å²) in [5.41, 5.74) is 1.75. The fourth-order valence-corrected chi connectivity index (χ4v) is 2.69. The van der Waals surface area contributed by atoms with Crippen LogP contribution in [0.2, 0.25) is 0 Å². The Morgan fingerprint density at radius 3 is 3.05 bits per heavy atom. The van der Waals surface area contributed by atoms with Gasteiger partial charge in [-0.15, -0.1) is 11.3 Å². The number of aromatic nitrogens is 4. The molecule has 1 N–H and O–H groups in total. The number of carbonyl (C=O) groups excluding carboxylic acids is 1. The molecular weight excluding hydrogens is 302 g/mol. The van der Waals surface area contributed by atoms with Crippen LogP contribution in [0, 0.1) is 0 Å². The topological polar surface area (TPSA) is 89.9 Å². The lowest BCUT2D eigenvalue weighted by atomic mass is 10.3. The maximum absolute atomic E-state index is 12.0. The predicted octanol–water partition coefficient (Wildman–Crippen LogP) is 2.27. The van der Waals surface area contributed by atoms with Crippen molar-refractivity contribution in [2.24, 2.45) is 0 Å². The van der Waals surface area contributed by atoms with Crippen molar-refractivity contribution in [3.63, 3.8) is 0 Å². The molecule has 0 saturated carbocycles. The maximum atomic E-state index is 12.0. The summed E-state index contributed by atoms with van der Waals surface area (Å²) in [7, 11) is 0. The molecule has 0 bridgehead atoms. The van der Waals surface area contributed by atoms with Crippen molar-refractivity contribution < 1.29 is 9.53 Å². The van der Waals surface area contributed by atoms with Crippen LogP contribution in [0.25, 0.3) is 10.2 Å². The molecule has 0 atom stereocenters. The van der Waals surface area contributed by atoms with Gasteiger partial charge in [-0.05, 0) is 30.5 Å². The number of nitrogens with zero attached hydrogens (tertiary/aromatic N) is 4. The highest BCUT2D eigenvalue weighted by molar-refractivity contribution is 7.17. The van der Waals surface area contributed by atoms with Gasteiger partial charge in [-0.25, -0.2) is 14.8 Å². The molecule has 7 nitrogen and oxygen atoms in total. The van der Waals surface area contributed by atoms with Crippen LogP contribution in [-0.4, -0.2) is 32.7 Å². The van der Waals surface area contributed by atoms with Gasteiger partial charge >= 0.3 is 5.97 Å². The fraction of sp³-hybridized carbons (Fsp3) is 0.214. The average molecular weight is 315 g/mol. The summed E-state index contributed by atoms with van der Waals surface area (Å²) in [6, 6.07) is 5.49. The van der Waals surface area contributed by atoms with E-state index in [0.717, 1.165) is 10.4 Å². The second-order valence-corrected chi connectivity index (χ2v) is 5.24. The molecule has 0 aliphatic rings. The monoisotopic (exact) mass is 315 g/mol. The molecule has 0 spiro atoms. The molecule has 3 heterocycles. The maximum Gasteiger partial charge on any atom is 0.358 e. The lowest BCUT2D eigenvalue weighted by molar-refractivity contribution is 0.0522. The van der Waals surface area contributed by atoms with Gasteiger partial charge in [0.15, 0.2) is 5.69 Å². The standard InChI is InChI=1S/C14H13N5O2S/c1-2-21-13(20)11-12-10(5-7-22-12)17-14(18-11)15-8-9-4-3-6-16-19-9/h3-7H,2,8H2,1H3,(H,15,17,18). The third kappa shape index (κ3) is 3.01. The summed E-state index contributed by atoms with van der Waals surface area (Å²) in [5, 5.41) is 12.7. The molecule has 0 radical (unpaired) electrons. The van der Waals surface area contributed by atoms with Crippen molar-refractivity contribution >= 4 is 33.5 Å². The molecule has 0 amide bonds. The highest BCUT2D eigenvalue weighted by atomic mass is 32.1. The van der Waals surface area contributed by atoms with Crippen LogP contribution in [0.1, 0.15) is 23.1 Å². The number of hydrogen-bond donors (Lipinski definition) is 1. The van der Waals surface area contributed by atoms with E-state index in [2.05, 4.69) is 25.5 Å². The highest BCUT2D eigenvalue weighted by Crippen LogP contribution is 2.24. The van der Waals surface area contributed by atoms with Gasteiger partial charge in [0.05, 0.1) is 29.1 Å². The fourth-order valence-electron chi connectivity index (χ4n) is 1.88. The van der Waals surface area contributed by atoms with Crippen molar-refractivity contribution in [1.82, 2.24) is 20.2 Å². The number of fused-ring (bicyclic) bond motifs is 1. The molecule has 3 rings (SSSR count). The molecule has 3 aromatic heterocycles. The van der Waals surface area contributed by atoms with E-state index in [-0.39, 0.29) is 5.69 Å². The number of esters is 1. The minimum Gasteiger partial charge on any atom is -0.461 e. The summed E-state index contributed by atoms with van der Waals surface area (Å²) < 4.78 is 5.78. The first-order valence-electron chi connectivity index (χ1n) is 6.70. The molecule has 0 fully saturated rings. The molecule has 22 heavy (non-hydrogen) atoms. The van der Waals surface area contributed by atoms with Crippen LogP contribution in [0.3, 0.4) is 0 Å². The summed E-state index contributed by atoms with van der Waals surface area (Å²) in [5.74, 6) is -0.0838. The number of hydrogen-bond acceptors (Lipinski definition) is 8. The van der Waals surface area contributed by atoms with Crippen LogP contribution >= 0.6 is 11.3 Å². The predicted molar refractivity (Wildman–Crippen MR) is 82.7 cm³/mol. The van der Waals surface area contributed by atoms with Gasteiger partial charge in [-0.1, -0.05) is 0 Å². The van der Waals surface area contributed by atoms with E-state index in [9.17, 15) is 4.79 Å². The Labute approximate surface area is 130 Å². The van der Waals surface area contributed by atoms with Crippen molar-refractivity contribution in [3.8, 4) is 0 Å². The van der Waals surface area contributed by atoms with Gasteiger partial charge in [-0.3, -0.25) is 0 Å². The first kappa shape index (κ1) is 14.3.